The van der Waals surface area contributed by atoms with E-state index in [1.54, 1.807) is 6.07 Å². The molecule has 0 spiro atoms. The Kier molecular flexibility index (Phi) is 3.04. The Morgan fingerprint density at radius 1 is 1.44 bits per heavy atom. The number of fused-ring (bicyclic) bond motifs is 1. The zero-order valence-corrected chi connectivity index (χ0v) is 10.5. The summed E-state index contributed by atoms with van der Waals surface area (Å²) >= 11 is 0. The molecule has 0 saturated carbocycles. The maximum Gasteiger partial charge on any atom is 0.179 e. The minimum Gasteiger partial charge on any atom is -0.320 e. The molecule has 16 heavy (non-hydrogen) atoms. The topological polar surface area (TPSA) is 46.2 Å². The second kappa shape index (κ2) is 4.18. The van der Waals surface area contributed by atoms with Gasteiger partial charge in [0.25, 0.3) is 0 Å². The fourth-order valence-electron chi connectivity index (χ4n) is 2.43. The summed E-state index contributed by atoms with van der Waals surface area (Å²) in [7, 11) is -1.14. The van der Waals surface area contributed by atoms with Gasteiger partial charge in [-0.05, 0) is 44.1 Å². The van der Waals surface area contributed by atoms with E-state index in [2.05, 4.69) is 5.32 Å². The summed E-state index contributed by atoms with van der Waals surface area (Å²) in [5, 5.41) is 3.08. The van der Waals surface area contributed by atoms with Crippen molar-refractivity contribution in [1.29, 1.82) is 0 Å². The second-order valence-corrected chi connectivity index (χ2v) is 6.36. The van der Waals surface area contributed by atoms with Crippen molar-refractivity contribution < 1.29 is 8.42 Å². The first-order chi connectivity index (χ1) is 7.56. The number of hydrogen-bond acceptors (Lipinski definition) is 3. The van der Waals surface area contributed by atoms with Crippen molar-refractivity contribution >= 4 is 9.84 Å². The van der Waals surface area contributed by atoms with Crippen molar-refractivity contribution in [3.05, 3.63) is 29.3 Å². The molecule has 1 aliphatic rings. The highest BCUT2D eigenvalue weighted by molar-refractivity contribution is 7.91. The molecule has 1 unspecified atom stereocenters. The van der Waals surface area contributed by atoms with Gasteiger partial charge in [-0.1, -0.05) is 12.1 Å². The standard InChI is InChI=1S/C12H17NO2S/c1-9-4-3-5-11-12(9)10(6-7-13-2)8-16(11,14)15/h3-5,10,13H,6-8H2,1-2H3. The van der Waals surface area contributed by atoms with E-state index in [1.807, 2.05) is 26.1 Å². The molecule has 2 rings (SSSR count). The Balaban J connectivity index is 2.44. The summed E-state index contributed by atoms with van der Waals surface area (Å²) in [6.45, 7) is 2.85. The molecule has 0 aromatic heterocycles. The van der Waals surface area contributed by atoms with Crippen molar-refractivity contribution in [3.63, 3.8) is 0 Å². The first kappa shape index (κ1) is 11.6. The van der Waals surface area contributed by atoms with E-state index in [1.165, 1.54) is 0 Å². The number of benzene rings is 1. The predicted octanol–water partition coefficient (Wildman–Crippen LogP) is 1.48. The fourth-order valence-corrected chi connectivity index (χ4v) is 4.42. The molecule has 0 saturated heterocycles. The van der Waals surface area contributed by atoms with Crippen LogP contribution < -0.4 is 5.32 Å². The molecular weight excluding hydrogens is 222 g/mol. The van der Waals surface area contributed by atoms with Gasteiger partial charge in [0.05, 0.1) is 10.6 Å². The van der Waals surface area contributed by atoms with Gasteiger partial charge in [0.15, 0.2) is 9.84 Å². The van der Waals surface area contributed by atoms with Crippen molar-refractivity contribution in [2.75, 3.05) is 19.3 Å². The largest absolute Gasteiger partial charge is 0.320 e. The Labute approximate surface area is 96.8 Å². The SMILES string of the molecule is CNCCC1CS(=O)(=O)c2cccc(C)c21. The van der Waals surface area contributed by atoms with Crippen LogP contribution in [0.4, 0.5) is 0 Å². The molecule has 1 aliphatic heterocycles. The third kappa shape index (κ3) is 1.87. The van der Waals surface area contributed by atoms with E-state index in [0.29, 0.717) is 4.90 Å². The van der Waals surface area contributed by atoms with Crippen LogP contribution in [0.2, 0.25) is 0 Å². The van der Waals surface area contributed by atoms with Crippen LogP contribution in [0, 0.1) is 6.92 Å². The summed E-state index contributed by atoms with van der Waals surface area (Å²) in [4.78, 5) is 0.550. The lowest BCUT2D eigenvalue weighted by Crippen LogP contribution is -2.13. The Hall–Kier alpha value is -0.870. The molecule has 4 heteroatoms. The highest BCUT2D eigenvalue weighted by Crippen LogP contribution is 2.38. The molecule has 88 valence electrons. The van der Waals surface area contributed by atoms with Gasteiger partial charge in [-0.2, -0.15) is 0 Å². The Morgan fingerprint density at radius 3 is 2.88 bits per heavy atom. The second-order valence-electron chi connectivity index (χ2n) is 4.36. The third-order valence-electron chi connectivity index (χ3n) is 3.19. The average molecular weight is 239 g/mol. The molecule has 1 aromatic carbocycles. The first-order valence-electron chi connectivity index (χ1n) is 5.53. The minimum absolute atomic E-state index is 0.161. The van der Waals surface area contributed by atoms with E-state index < -0.39 is 9.84 Å². The fraction of sp³-hybridized carbons (Fsp3) is 0.500. The summed E-state index contributed by atoms with van der Waals surface area (Å²) in [5.41, 5.74) is 2.14. The molecular formula is C12H17NO2S. The zero-order valence-electron chi connectivity index (χ0n) is 9.66. The average Bonchev–Trinajstić information content (AvgIpc) is 2.49. The van der Waals surface area contributed by atoms with Gasteiger partial charge in [0, 0.05) is 5.92 Å². The van der Waals surface area contributed by atoms with E-state index >= 15 is 0 Å². The number of aryl methyl sites for hydroxylation is 1. The Bertz CT molecular complexity index is 494. The molecule has 0 aliphatic carbocycles. The van der Waals surface area contributed by atoms with Gasteiger partial charge in [0.1, 0.15) is 0 Å². The summed E-state index contributed by atoms with van der Waals surface area (Å²) in [5.74, 6) is 0.433. The summed E-state index contributed by atoms with van der Waals surface area (Å²) in [6, 6.07) is 5.55. The van der Waals surface area contributed by atoms with Gasteiger partial charge < -0.3 is 5.32 Å². The van der Waals surface area contributed by atoms with Crippen LogP contribution in [0.3, 0.4) is 0 Å². The zero-order chi connectivity index (χ0) is 11.8. The van der Waals surface area contributed by atoms with E-state index in [-0.39, 0.29) is 11.7 Å². The number of sulfone groups is 1. The highest BCUT2D eigenvalue weighted by atomic mass is 32.2. The van der Waals surface area contributed by atoms with Crippen molar-refractivity contribution in [2.45, 2.75) is 24.2 Å². The molecule has 0 radical (unpaired) electrons. The van der Waals surface area contributed by atoms with Crippen LogP contribution in [0.15, 0.2) is 23.1 Å². The number of nitrogens with one attached hydrogen (secondary N) is 1. The van der Waals surface area contributed by atoms with E-state index in [4.69, 9.17) is 0 Å². The smallest absolute Gasteiger partial charge is 0.179 e. The molecule has 0 bridgehead atoms. The quantitative estimate of drug-likeness (QED) is 0.869. The van der Waals surface area contributed by atoms with Gasteiger partial charge in [-0.15, -0.1) is 0 Å². The van der Waals surface area contributed by atoms with Crippen LogP contribution in [-0.2, 0) is 9.84 Å². The van der Waals surface area contributed by atoms with E-state index in [0.717, 1.165) is 24.1 Å². The van der Waals surface area contributed by atoms with Crippen LogP contribution >= 0.6 is 0 Å². The maximum absolute atomic E-state index is 12.0. The van der Waals surface area contributed by atoms with Gasteiger partial charge >= 0.3 is 0 Å². The number of rotatable bonds is 3. The Morgan fingerprint density at radius 2 is 2.19 bits per heavy atom. The van der Waals surface area contributed by atoms with Gasteiger partial charge in [0.2, 0.25) is 0 Å². The van der Waals surface area contributed by atoms with Crippen LogP contribution in [-0.4, -0.2) is 27.8 Å². The van der Waals surface area contributed by atoms with E-state index in [9.17, 15) is 8.42 Å². The lowest BCUT2D eigenvalue weighted by Gasteiger charge is -2.11. The maximum atomic E-state index is 12.0. The van der Waals surface area contributed by atoms with Crippen molar-refractivity contribution in [2.24, 2.45) is 0 Å². The number of hydrogen-bond donors (Lipinski definition) is 1. The highest BCUT2D eigenvalue weighted by Gasteiger charge is 2.34. The molecule has 3 nitrogen and oxygen atoms in total. The van der Waals surface area contributed by atoms with Crippen molar-refractivity contribution in [3.8, 4) is 0 Å². The monoisotopic (exact) mass is 239 g/mol. The molecule has 0 fully saturated rings. The molecule has 1 aromatic rings. The lowest BCUT2D eigenvalue weighted by atomic mass is 9.94. The first-order valence-corrected chi connectivity index (χ1v) is 7.18. The summed E-state index contributed by atoms with van der Waals surface area (Å²) in [6.07, 6.45) is 0.883. The molecule has 1 N–H and O–H groups in total. The summed E-state index contributed by atoms with van der Waals surface area (Å²) < 4.78 is 23.9. The minimum atomic E-state index is -3.04. The molecule has 0 amide bonds. The lowest BCUT2D eigenvalue weighted by molar-refractivity contribution is 0.591. The van der Waals surface area contributed by atoms with Crippen LogP contribution in [0.25, 0.3) is 0 Å². The van der Waals surface area contributed by atoms with Gasteiger partial charge in [-0.3, -0.25) is 0 Å². The van der Waals surface area contributed by atoms with Crippen molar-refractivity contribution in [1.82, 2.24) is 5.32 Å². The van der Waals surface area contributed by atoms with Crippen LogP contribution in [0.5, 0.6) is 0 Å². The van der Waals surface area contributed by atoms with Crippen LogP contribution in [0.1, 0.15) is 23.5 Å². The molecule has 1 atom stereocenters. The molecule has 1 heterocycles. The third-order valence-corrected chi connectivity index (χ3v) is 5.06. The van der Waals surface area contributed by atoms with Gasteiger partial charge in [-0.25, -0.2) is 8.42 Å². The normalized spacial score (nSPS) is 22.0. The predicted molar refractivity (Wildman–Crippen MR) is 64.5 cm³/mol.